The number of alkyl halides is 3. The van der Waals surface area contributed by atoms with E-state index < -0.39 is 17.6 Å². The van der Waals surface area contributed by atoms with Gasteiger partial charge in [-0.05, 0) is 24.3 Å². The molecule has 0 unspecified atom stereocenters. The van der Waals surface area contributed by atoms with Gasteiger partial charge in [0.1, 0.15) is 5.82 Å². The molecule has 102 valence electrons. The highest BCUT2D eigenvalue weighted by molar-refractivity contribution is 6.31. The van der Waals surface area contributed by atoms with Gasteiger partial charge in [-0.15, -0.1) is 0 Å². The summed E-state index contributed by atoms with van der Waals surface area (Å²) in [6, 6.07) is 8.24. The third-order valence-corrected chi connectivity index (χ3v) is 3.00. The summed E-state index contributed by atoms with van der Waals surface area (Å²) in [5.41, 5.74) is -1.28. The molecule has 0 bridgehead atoms. The second-order valence-corrected chi connectivity index (χ2v) is 4.38. The van der Waals surface area contributed by atoms with Gasteiger partial charge in [0.15, 0.2) is 0 Å². The van der Waals surface area contributed by atoms with Crippen LogP contribution in [-0.2, 0) is 6.18 Å². The molecule has 0 amide bonds. The van der Waals surface area contributed by atoms with Crippen molar-refractivity contribution in [1.29, 1.82) is 5.26 Å². The van der Waals surface area contributed by atoms with Crippen molar-refractivity contribution in [2.75, 3.05) is 0 Å². The second-order valence-electron chi connectivity index (χ2n) is 3.97. The standard InChI is InChI=1S/C14H6ClF4N/c15-12-3-1-2-10(13(12)16)11-6-9(14(17,18)19)5-4-8(11)7-20/h1-6H. The SMILES string of the molecule is N#Cc1ccc(C(F)(F)F)cc1-c1cccc(Cl)c1F. The fourth-order valence-corrected chi connectivity index (χ4v) is 1.93. The van der Waals surface area contributed by atoms with E-state index in [4.69, 9.17) is 16.9 Å². The maximum Gasteiger partial charge on any atom is 0.416 e. The van der Waals surface area contributed by atoms with Crippen LogP contribution in [0.25, 0.3) is 11.1 Å². The lowest BCUT2D eigenvalue weighted by molar-refractivity contribution is -0.137. The second kappa shape index (κ2) is 5.14. The van der Waals surface area contributed by atoms with E-state index in [-0.39, 0.29) is 21.7 Å². The molecule has 2 aromatic rings. The van der Waals surface area contributed by atoms with Gasteiger partial charge in [0.05, 0.1) is 22.2 Å². The Morgan fingerprint density at radius 2 is 1.75 bits per heavy atom. The van der Waals surface area contributed by atoms with Crippen LogP contribution in [-0.4, -0.2) is 0 Å². The van der Waals surface area contributed by atoms with Gasteiger partial charge in [-0.2, -0.15) is 18.4 Å². The molecule has 0 aliphatic carbocycles. The zero-order chi connectivity index (χ0) is 14.9. The predicted octanol–water partition coefficient (Wildman–Crippen LogP) is 5.04. The minimum absolute atomic E-state index is 0.0563. The first kappa shape index (κ1) is 14.4. The van der Waals surface area contributed by atoms with Crippen LogP contribution in [0.2, 0.25) is 5.02 Å². The normalized spacial score (nSPS) is 11.2. The first-order valence-corrected chi connectivity index (χ1v) is 5.78. The van der Waals surface area contributed by atoms with Crippen molar-refractivity contribution in [2.24, 2.45) is 0 Å². The van der Waals surface area contributed by atoms with E-state index in [1.54, 1.807) is 6.07 Å². The molecule has 0 fully saturated rings. The van der Waals surface area contributed by atoms with E-state index >= 15 is 0 Å². The van der Waals surface area contributed by atoms with Crippen molar-refractivity contribution in [3.8, 4) is 17.2 Å². The molecule has 2 aromatic carbocycles. The summed E-state index contributed by atoms with van der Waals surface area (Å²) >= 11 is 5.61. The summed E-state index contributed by atoms with van der Waals surface area (Å²) < 4.78 is 52.0. The van der Waals surface area contributed by atoms with Crippen LogP contribution in [0.5, 0.6) is 0 Å². The van der Waals surface area contributed by atoms with Crippen LogP contribution >= 0.6 is 11.6 Å². The molecule has 0 aromatic heterocycles. The quantitative estimate of drug-likeness (QED) is 0.677. The Morgan fingerprint density at radius 3 is 2.35 bits per heavy atom. The predicted molar refractivity (Wildman–Crippen MR) is 66.6 cm³/mol. The average Bonchev–Trinajstić information content (AvgIpc) is 2.40. The Labute approximate surface area is 117 Å². The summed E-state index contributed by atoms with van der Waals surface area (Å²) in [5, 5.41) is 8.73. The van der Waals surface area contributed by atoms with Gasteiger partial charge >= 0.3 is 6.18 Å². The van der Waals surface area contributed by atoms with Gasteiger partial charge in [-0.25, -0.2) is 4.39 Å². The molecule has 0 saturated carbocycles. The number of halogens is 5. The number of rotatable bonds is 1. The van der Waals surface area contributed by atoms with Crippen LogP contribution in [0.3, 0.4) is 0 Å². The van der Waals surface area contributed by atoms with Gasteiger partial charge in [-0.1, -0.05) is 23.7 Å². The summed E-state index contributed by atoms with van der Waals surface area (Å²) in [6.45, 7) is 0. The fraction of sp³-hybridized carbons (Fsp3) is 0.0714. The molecule has 0 heterocycles. The van der Waals surface area contributed by atoms with Crippen LogP contribution in [0, 0.1) is 17.1 Å². The largest absolute Gasteiger partial charge is 0.416 e. The first-order chi connectivity index (χ1) is 9.34. The summed E-state index contributed by atoms with van der Waals surface area (Å²) in [4.78, 5) is 0. The van der Waals surface area contributed by atoms with E-state index in [9.17, 15) is 17.6 Å². The maximum absolute atomic E-state index is 13.9. The molecule has 0 spiro atoms. The van der Waals surface area contributed by atoms with E-state index in [1.807, 2.05) is 0 Å². The van der Waals surface area contributed by atoms with Gasteiger partial charge in [0, 0.05) is 11.1 Å². The van der Waals surface area contributed by atoms with Crippen molar-refractivity contribution in [2.45, 2.75) is 6.18 Å². The Kier molecular flexibility index (Phi) is 3.69. The lowest BCUT2D eigenvalue weighted by Gasteiger charge is -2.11. The minimum Gasteiger partial charge on any atom is -0.205 e. The Morgan fingerprint density at radius 1 is 1.05 bits per heavy atom. The monoisotopic (exact) mass is 299 g/mol. The van der Waals surface area contributed by atoms with Crippen molar-refractivity contribution in [3.63, 3.8) is 0 Å². The van der Waals surface area contributed by atoms with Crippen LogP contribution in [0.1, 0.15) is 11.1 Å². The molecule has 2 rings (SSSR count). The third-order valence-electron chi connectivity index (χ3n) is 2.71. The molecule has 0 radical (unpaired) electrons. The van der Waals surface area contributed by atoms with Crippen molar-refractivity contribution in [3.05, 3.63) is 58.4 Å². The highest BCUT2D eigenvalue weighted by Crippen LogP contribution is 2.35. The van der Waals surface area contributed by atoms with Crippen molar-refractivity contribution < 1.29 is 17.6 Å². The van der Waals surface area contributed by atoms with Crippen LogP contribution in [0.15, 0.2) is 36.4 Å². The number of nitriles is 1. The Bertz CT molecular complexity index is 701. The zero-order valence-electron chi connectivity index (χ0n) is 9.80. The maximum atomic E-state index is 13.9. The van der Waals surface area contributed by atoms with Crippen LogP contribution in [0.4, 0.5) is 17.6 Å². The lowest BCUT2D eigenvalue weighted by atomic mass is 9.97. The molecular weight excluding hydrogens is 294 g/mol. The molecular formula is C14H6ClF4N. The molecule has 1 nitrogen and oxygen atoms in total. The van der Waals surface area contributed by atoms with Gasteiger partial charge < -0.3 is 0 Å². The van der Waals surface area contributed by atoms with Gasteiger partial charge in [-0.3, -0.25) is 0 Å². The molecule has 6 heteroatoms. The van der Waals surface area contributed by atoms with Gasteiger partial charge in [0.25, 0.3) is 0 Å². The third kappa shape index (κ3) is 2.61. The molecule has 0 atom stereocenters. The van der Waals surface area contributed by atoms with E-state index in [0.717, 1.165) is 18.2 Å². The number of benzene rings is 2. The molecule has 0 aliphatic rings. The summed E-state index contributed by atoms with van der Waals surface area (Å²) in [5.74, 6) is -0.856. The first-order valence-electron chi connectivity index (χ1n) is 5.40. The smallest absolute Gasteiger partial charge is 0.205 e. The number of hydrogen-bond donors (Lipinski definition) is 0. The van der Waals surface area contributed by atoms with Gasteiger partial charge in [0.2, 0.25) is 0 Å². The topological polar surface area (TPSA) is 23.8 Å². The van der Waals surface area contributed by atoms with E-state index in [2.05, 4.69) is 0 Å². The molecule has 0 aliphatic heterocycles. The zero-order valence-corrected chi connectivity index (χ0v) is 10.6. The Balaban J connectivity index is 2.72. The van der Waals surface area contributed by atoms with E-state index in [0.29, 0.717) is 0 Å². The molecule has 0 N–H and O–H groups in total. The minimum atomic E-state index is -4.57. The number of hydrogen-bond acceptors (Lipinski definition) is 1. The van der Waals surface area contributed by atoms with Crippen molar-refractivity contribution >= 4 is 11.6 Å². The highest BCUT2D eigenvalue weighted by Gasteiger charge is 2.31. The highest BCUT2D eigenvalue weighted by atomic mass is 35.5. The van der Waals surface area contributed by atoms with Crippen molar-refractivity contribution in [1.82, 2.24) is 0 Å². The fourth-order valence-electron chi connectivity index (χ4n) is 1.75. The van der Waals surface area contributed by atoms with E-state index in [1.165, 1.54) is 18.2 Å². The lowest BCUT2D eigenvalue weighted by Crippen LogP contribution is -2.05. The van der Waals surface area contributed by atoms with Crippen LogP contribution < -0.4 is 0 Å². The molecule has 0 saturated heterocycles. The summed E-state index contributed by atoms with van der Waals surface area (Å²) in [7, 11) is 0. The summed E-state index contributed by atoms with van der Waals surface area (Å²) in [6.07, 6.45) is -4.57. The molecule has 20 heavy (non-hydrogen) atoms. The number of nitrogens with zero attached hydrogens (tertiary/aromatic N) is 1. The average molecular weight is 300 g/mol. The Hall–Kier alpha value is -2.06.